The number of ketones is 1. The van der Waals surface area contributed by atoms with E-state index < -0.39 is 18.4 Å². The molecular formula is C20H24N2O3. The van der Waals surface area contributed by atoms with Crippen LogP contribution in [0.2, 0.25) is 0 Å². The van der Waals surface area contributed by atoms with E-state index in [0.717, 1.165) is 18.4 Å². The van der Waals surface area contributed by atoms with E-state index in [1.165, 1.54) is 11.1 Å². The number of amides is 1. The van der Waals surface area contributed by atoms with Gasteiger partial charge in [-0.15, -0.1) is 0 Å². The van der Waals surface area contributed by atoms with E-state index in [-0.39, 0.29) is 12.5 Å². The molecule has 0 aliphatic carbocycles. The second-order valence-corrected chi connectivity index (χ2v) is 6.07. The van der Waals surface area contributed by atoms with Crippen molar-refractivity contribution in [3.8, 4) is 0 Å². The molecule has 132 valence electrons. The number of aliphatic hydroxyl groups excluding tert-OH is 1. The van der Waals surface area contributed by atoms with Gasteiger partial charge in [0, 0.05) is 12.1 Å². The molecule has 0 heterocycles. The van der Waals surface area contributed by atoms with Crippen LogP contribution in [-0.2, 0) is 17.6 Å². The summed E-state index contributed by atoms with van der Waals surface area (Å²) < 4.78 is 0. The second kappa shape index (κ2) is 9.11. The number of nitrogens with two attached hydrogens (primary N) is 1. The molecule has 0 spiro atoms. The normalized spacial score (nSPS) is 11.8. The van der Waals surface area contributed by atoms with E-state index in [9.17, 15) is 9.59 Å². The third-order valence-electron chi connectivity index (χ3n) is 4.12. The van der Waals surface area contributed by atoms with E-state index in [4.69, 9.17) is 10.8 Å². The SMILES string of the molecule is Cc1ccc(CCc2ccc(C(=O)N[C@@H](CN)C(=O)CO)cc2)cc1. The molecule has 0 aliphatic rings. The van der Waals surface area contributed by atoms with E-state index in [1.54, 1.807) is 12.1 Å². The summed E-state index contributed by atoms with van der Waals surface area (Å²) in [6.07, 6.45) is 1.82. The largest absolute Gasteiger partial charge is 0.388 e. The van der Waals surface area contributed by atoms with Gasteiger partial charge in [0.1, 0.15) is 12.6 Å². The van der Waals surface area contributed by atoms with Crippen molar-refractivity contribution in [2.45, 2.75) is 25.8 Å². The molecule has 1 amide bonds. The van der Waals surface area contributed by atoms with Gasteiger partial charge in [-0.1, -0.05) is 42.0 Å². The number of Topliss-reactive ketones (excluding diaryl/α,β-unsaturated/α-hetero) is 1. The summed E-state index contributed by atoms with van der Waals surface area (Å²) in [4.78, 5) is 23.6. The summed E-state index contributed by atoms with van der Waals surface area (Å²) >= 11 is 0. The minimum Gasteiger partial charge on any atom is -0.388 e. The number of nitrogens with one attached hydrogen (secondary N) is 1. The molecule has 0 bridgehead atoms. The molecule has 2 rings (SSSR count). The molecule has 0 saturated heterocycles. The van der Waals surface area contributed by atoms with Gasteiger partial charge in [0.2, 0.25) is 0 Å². The first-order valence-electron chi connectivity index (χ1n) is 8.32. The molecule has 0 fully saturated rings. The van der Waals surface area contributed by atoms with Crippen molar-refractivity contribution in [3.63, 3.8) is 0 Å². The summed E-state index contributed by atoms with van der Waals surface area (Å²) in [7, 11) is 0. The van der Waals surface area contributed by atoms with Gasteiger partial charge in [0.15, 0.2) is 5.78 Å². The Morgan fingerprint density at radius 3 is 2.00 bits per heavy atom. The van der Waals surface area contributed by atoms with Crippen LogP contribution in [0.15, 0.2) is 48.5 Å². The Hall–Kier alpha value is -2.50. The zero-order chi connectivity index (χ0) is 18.2. The van der Waals surface area contributed by atoms with Gasteiger partial charge in [0.25, 0.3) is 5.91 Å². The van der Waals surface area contributed by atoms with Crippen LogP contribution in [0.1, 0.15) is 27.0 Å². The van der Waals surface area contributed by atoms with E-state index in [0.29, 0.717) is 5.56 Å². The summed E-state index contributed by atoms with van der Waals surface area (Å²) in [6.45, 7) is 1.39. The lowest BCUT2D eigenvalue weighted by molar-refractivity contribution is -0.123. The Labute approximate surface area is 147 Å². The predicted molar refractivity (Wildman–Crippen MR) is 97.4 cm³/mol. The maximum absolute atomic E-state index is 12.2. The first-order valence-corrected chi connectivity index (χ1v) is 8.32. The smallest absolute Gasteiger partial charge is 0.251 e. The van der Waals surface area contributed by atoms with E-state index >= 15 is 0 Å². The molecule has 5 nitrogen and oxygen atoms in total. The molecule has 25 heavy (non-hydrogen) atoms. The standard InChI is InChI=1S/C20H24N2O3/c1-14-2-4-15(5-3-14)6-7-16-8-10-17(11-9-16)20(25)22-18(12-21)19(24)13-23/h2-5,8-11,18,23H,6-7,12-13,21H2,1H3,(H,22,25)/t18-/m0/s1. The van der Waals surface area contributed by atoms with Crippen LogP contribution in [-0.4, -0.2) is 36.0 Å². The number of benzene rings is 2. The number of aliphatic hydroxyl groups is 1. The molecule has 0 aliphatic heterocycles. The lowest BCUT2D eigenvalue weighted by atomic mass is 10.0. The minimum atomic E-state index is -0.862. The molecule has 2 aromatic carbocycles. The lowest BCUT2D eigenvalue weighted by Crippen LogP contribution is -2.46. The summed E-state index contributed by atoms with van der Waals surface area (Å²) in [5.74, 6) is -0.868. The van der Waals surface area contributed by atoms with Crippen molar-refractivity contribution < 1.29 is 14.7 Å². The van der Waals surface area contributed by atoms with Crippen LogP contribution >= 0.6 is 0 Å². The van der Waals surface area contributed by atoms with Gasteiger partial charge >= 0.3 is 0 Å². The fraction of sp³-hybridized carbons (Fsp3) is 0.300. The second-order valence-electron chi connectivity index (χ2n) is 6.07. The van der Waals surface area contributed by atoms with Crippen LogP contribution in [0.5, 0.6) is 0 Å². The highest BCUT2D eigenvalue weighted by Crippen LogP contribution is 2.10. The number of aryl methyl sites for hydroxylation is 3. The first kappa shape index (κ1) is 18.8. The van der Waals surface area contributed by atoms with Crippen LogP contribution < -0.4 is 11.1 Å². The minimum absolute atomic E-state index is 0.0419. The van der Waals surface area contributed by atoms with Crippen LogP contribution in [0, 0.1) is 6.92 Å². The molecular weight excluding hydrogens is 316 g/mol. The van der Waals surface area contributed by atoms with Gasteiger partial charge in [-0.05, 0) is 43.0 Å². The van der Waals surface area contributed by atoms with Crippen LogP contribution in [0.25, 0.3) is 0 Å². The van der Waals surface area contributed by atoms with Crippen molar-refractivity contribution in [2.75, 3.05) is 13.2 Å². The van der Waals surface area contributed by atoms with Gasteiger partial charge in [-0.25, -0.2) is 0 Å². The Balaban J connectivity index is 1.93. The molecule has 0 saturated carbocycles. The van der Waals surface area contributed by atoms with Gasteiger partial charge < -0.3 is 16.2 Å². The average Bonchev–Trinajstić information content (AvgIpc) is 2.65. The van der Waals surface area contributed by atoms with Crippen molar-refractivity contribution in [1.82, 2.24) is 5.32 Å². The fourth-order valence-electron chi connectivity index (χ4n) is 2.49. The molecule has 0 unspecified atom stereocenters. The highest BCUT2D eigenvalue weighted by atomic mass is 16.3. The summed E-state index contributed by atoms with van der Waals surface area (Å²) in [5, 5.41) is 11.4. The number of carbonyl (C=O) groups excluding carboxylic acids is 2. The van der Waals surface area contributed by atoms with Crippen molar-refractivity contribution in [3.05, 3.63) is 70.8 Å². The first-order chi connectivity index (χ1) is 12.0. The summed E-state index contributed by atoms with van der Waals surface area (Å²) in [5.41, 5.74) is 9.58. The van der Waals surface area contributed by atoms with Gasteiger partial charge in [-0.3, -0.25) is 9.59 Å². The van der Waals surface area contributed by atoms with Crippen molar-refractivity contribution in [1.29, 1.82) is 0 Å². The quantitative estimate of drug-likeness (QED) is 0.677. The molecule has 1 atom stereocenters. The predicted octanol–water partition coefficient (Wildman–Crippen LogP) is 1.40. The van der Waals surface area contributed by atoms with Gasteiger partial charge in [0.05, 0.1) is 0 Å². The Bertz CT molecular complexity index is 709. The third-order valence-corrected chi connectivity index (χ3v) is 4.12. The maximum Gasteiger partial charge on any atom is 0.251 e. The number of rotatable bonds is 8. The van der Waals surface area contributed by atoms with E-state index in [2.05, 4.69) is 36.5 Å². The Kier molecular flexibility index (Phi) is 6.86. The van der Waals surface area contributed by atoms with Crippen LogP contribution in [0.3, 0.4) is 0 Å². The highest BCUT2D eigenvalue weighted by Gasteiger charge is 2.18. The molecule has 0 radical (unpaired) electrons. The Morgan fingerprint density at radius 1 is 1.00 bits per heavy atom. The number of hydrogen-bond donors (Lipinski definition) is 3. The van der Waals surface area contributed by atoms with E-state index in [1.807, 2.05) is 12.1 Å². The monoisotopic (exact) mass is 340 g/mol. The third kappa shape index (κ3) is 5.52. The average molecular weight is 340 g/mol. The topological polar surface area (TPSA) is 92.4 Å². The van der Waals surface area contributed by atoms with Crippen molar-refractivity contribution >= 4 is 11.7 Å². The van der Waals surface area contributed by atoms with Crippen molar-refractivity contribution in [2.24, 2.45) is 5.73 Å². The molecule has 4 N–H and O–H groups in total. The van der Waals surface area contributed by atoms with Gasteiger partial charge in [-0.2, -0.15) is 0 Å². The Morgan fingerprint density at radius 2 is 1.52 bits per heavy atom. The highest BCUT2D eigenvalue weighted by molar-refractivity contribution is 5.98. The molecule has 2 aromatic rings. The fourth-order valence-corrected chi connectivity index (χ4v) is 2.49. The zero-order valence-corrected chi connectivity index (χ0v) is 14.4. The number of hydrogen-bond acceptors (Lipinski definition) is 4. The molecule has 0 aromatic heterocycles. The maximum atomic E-state index is 12.2. The molecule has 5 heteroatoms. The zero-order valence-electron chi connectivity index (χ0n) is 14.4. The van der Waals surface area contributed by atoms with Crippen LogP contribution in [0.4, 0.5) is 0 Å². The number of carbonyl (C=O) groups is 2. The lowest BCUT2D eigenvalue weighted by Gasteiger charge is -2.14. The summed E-state index contributed by atoms with van der Waals surface area (Å²) in [6, 6.07) is 14.9.